The number of nitrogens with zero attached hydrogens (tertiary/aromatic N) is 2. The quantitative estimate of drug-likeness (QED) is 0.0744. The van der Waals surface area contributed by atoms with Crippen molar-refractivity contribution >= 4 is 62.7 Å². The number of carbonyl (C=O) groups excluding carboxylic acids is 1. The molecule has 0 bridgehead atoms. The fourth-order valence-electron chi connectivity index (χ4n) is 2.83. The number of hydrogen-bond donors (Lipinski definition) is 0. The predicted molar refractivity (Wildman–Crippen MR) is 134 cm³/mol. The Bertz CT molecular complexity index is 1290. The smallest absolute Gasteiger partial charge is 0.270 e. The highest BCUT2D eigenvalue weighted by atomic mass is 127. The molecule has 0 fully saturated rings. The zero-order valence-corrected chi connectivity index (χ0v) is 20.5. The van der Waals surface area contributed by atoms with Gasteiger partial charge in [0.05, 0.1) is 8.49 Å². The van der Waals surface area contributed by atoms with Crippen molar-refractivity contribution in [1.82, 2.24) is 0 Å². The Labute approximate surface area is 210 Å². The zero-order valence-electron chi connectivity index (χ0n) is 16.2. The van der Waals surface area contributed by atoms with Crippen LogP contribution in [0.1, 0.15) is 21.5 Å². The summed E-state index contributed by atoms with van der Waals surface area (Å²) >= 11 is 4.17. The van der Waals surface area contributed by atoms with Crippen LogP contribution in [0.25, 0.3) is 6.08 Å². The van der Waals surface area contributed by atoms with Crippen molar-refractivity contribution in [2.45, 2.75) is 6.61 Å². The van der Waals surface area contributed by atoms with E-state index in [-0.39, 0.29) is 23.4 Å². The number of benzene rings is 3. The van der Waals surface area contributed by atoms with Gasteiger partial charge < -0.3 is 4.74 Å². The Morgan fingerprint density at radius 2 is 1.91 bits per heavy atom. The fraction of sp³-hybridized carbons (Fsp3) is 0.0435. The molecule has 0 radical (unpaired) electrons. The van der Waals surface area contributed by atoms with E-state index in [2.05, 4.69) is 45.2 Å². The van der Waals surface area contributed by atoms with Gasteiger partial charge in [-0.3, -0.25) is 14.9 Å². The Hall–Kier alpha value is -2.85. The largest absolute Gasteiger partial charge is 0.487 e. The Morgan fingerprint density at radius 1 is 1.16 bits per heavy atom. The summed E-state index contributed by atoms with van der Waals surface area (Å²) in [4.78, 5) is 23.3. The van der Waals surface area contributed by atoms with Crippen LogP contribution in [-0.2, 0) is 6.61 Å². The number of nitro groups is 1. The number of nitriles is 1. The molecular weight excluding hydrogens is 641 g/mol. The van der Waals surface area contributed by atoms with E-state index in [9.17, 15) is 24.6 Å². The summed E-state index contributed by atoms with van der Waals surface area (Å²) < 4.78 is 21.4. The predicted octanol–water partition coefficient (Wildman–Crippen LogP) is 6.31. The molecule has 0 heterocycles. The molecule has 0 spiro atoms. The van der Waals surface area contributed by atoms with Gasteiger partial charge in [-0.05, 0) is 69.5 Å². The van der Waals surface area contributed by atoms with Crippen LogP contribution in [0.3, 0.4) is 0 Å². The summed E-state index contributed by atoms with van der Waals surface area (Å²) in [6.07, 6.45) is 1.38. The first-order valence-corrected chi connectivity index (χ1v) is 11.2. The number of rotatable bonds is 7. The van der Waals surface area contributed by atoms with Gasteiger partial charge in [-0.1, -0.05) is 30.3 Å². The Balaban J connectivity index is 1.99. The number of ether oxygens (including phenoxy) is 1. The van der Waals surface area contributed by atoms with Crippen molar-refractivity contribution in [2.24, 2.45) is 0 Å². The minimum atomic E-state index is -0.648. The summed E-state index contributed by atoms with van der Waals surface area (Å²) in [6.45, 7) is -0.0369. The molecule has 0 N–H and O–H groups in total. The van der Waals surface area contributed by atoms with E-state index in [1.807, 2.05) is 12.1 Å². The molecule has 160 valence electrons. The van der Waals surface area contributed by atoms with Gasteiger partial charge in [0.1, 0.15) is 29.8 Å². The van der Waals surface area contributed by atoms with Crippen LogP contribution in [0.2, 0.25) is 0 Å². The van der Waals surface area contributed by atoms with Crippen molar-refractivity contribution in [1.29, 1.82) is 5.26 Å². The molecule has 0 unspecified atom stereocenters. The molecule has 6 nitrogen and oxygen atoms in total. The lowest BCUT2D eigenvalue weighted by molar-refractivity contribution is -0.384. The van der Waals surface area contributed by atoms with E-state index in [0.29, 0.717) is 16.9 Å². The second-order valence-corrected chi connectivity index (χ2v) is 8.90. The standard InChI is InChI=1S/C23H13FI2N2O4/c24-20-7-2-1-4-15(20)13-32-23-16(9-18(25)11-21(23)26)8-17(12-27)22(29)14-5-3-6-19(10-14)28(30)31/h1-11H,13H2/b17-8+. The molecule has 0 saturated heterocycles. The molecule has 0 aliphatic heterocycles. The molecule has 3 aromatic rings. The van der Waals surface area contributed by atoms with Crippen LogP contribution in [0, 0.1) is 34.4 Å². The van der Waals surface area contributed by atoms with Crippen LogP contribution >= 0.6 is 45.2 Å². The first-order valence-electron chi connectivity index (χ1n) is 9.06. The molecule has 0 aliphatic rings. The van der Waals surface area contributed by atoms with Crippen molar-refractivity contribution in [3.05, 3.63) is 106 Å². The first-order chi connectivity index (χ1) is 15.3. The van der Waals surface area contributed by atoms with Crippen molar-refractivity contribution in [2.75, 3.05) is 0 Å². The van der Waals surface area contributed by atoms with Crippen LogP contribution in [0.5, 0.6) is 5.75 Å². The average Bonchev–Trinajstić information content (AvgIpc) is 2.77. The van der Waals surface area contributed by atoms with Crippen molar-refractivity contribution in [3.8, 4) is 11.8 Å². The normalized spacial score (nSPS) is 11.0. The molecule has 3 aromatic carbocycles. The van der Waals surface area contributed by atoms with E-state index in [0.717, 1.165) is 13.2 Å². The Morgan fingerprint density at radius 3 is 2.59 bits per heavy atom. The van der Waals surface area contributed by atoms with Crippen LogP contribution in [0.4, 0.5) is 10.1 Å². The van der Waals surface area contributed by atoms with E-state index in [4.69, 9.17) is 4.74 Å². The monoisotopic (exact) mass is 654 g/mol. The number of non-ortho nitro benzene ring substituents is 1. The second kappa shape index (κ2) is 10.6. The van der Waals surface area contributed by atoms with Crippen molar-refractivity contribution < 1.29 is 18.8 Å². The van der Waals surface area contributed by atoms with Gasteiger partial charge in [-0.25, -0.2) is 4.39 Å². The van der Waals surface area contributed by atoms with Crippen LogP contribution < -0.4 is 4.74 Å². The molecule has 0 amide bonds. The fourth-order valence-corrected chi connectivity index (χ4v) is 4.87. The average molecular weight is 654 g/mol. The third-order valence-corrected chi connectivity index (χ3v) is 5.78. The SMILES string of the molecule is N#C/C(=C\c1cc(I)cc(I)c1OCc1ccccc1F)C(=O)c1cccc([N+](=O)[O-])c1. The number of allylic oxidation sites excluding steroid dienone is 1. The summed E-state index contributed by atoms with van der Waals surface area (Å²) in [5.41, 5.74) is 0.406. The molecule has 0 atom stereocenters. The number of ketones is 1. The lowest BCUT2D eigenvalue weighted by Crippen LogP contribution is -2.04. The summed E-state index contributed by atoms with van der Waals surface area (Å²) in [5.74, 6) is -0.650. The maximum absolute atomic E-state index is 14.0. The van der Waals surface area contributed by atoms with Crippen LogP contribution in [-0.4, -0.2) is 10.7 Å². The maximum Gasteiger partial charge on any atom is 0.270 e. The highest BCUT2D eigenvalue weighted by molar-refractivity contribution is 14.1. The molecule has 32 heavy (non-hydrogen) atoms. The Kier molecular flexibility index (Phi) is 7.92. The van der Waals surface area contributed by atoms with Gasteiger partial charge >= 0.3 is 0 Å². The summed E-state index contributed by atoms with van der Waals surface area (Å²) in [6, 6.07) is 16.9. The third kappa shape index (κ3) is 5.68. The van der Waals surface area contributed by atoms with Gasteiger partial charge in [0.2, 0.25) is 5.78 Å². The van der Waals surface area contributed by atoms with Gasteiger partial charge in [0.15, 0.2) is 0 Å². The molecule has 0 aliphatic carbocycles. The number of carbonyl (C=O) groups is 1. The third-order valence-electron chi connectivity index (χ3n) is 4.35. The van der Waals surface area contributed by atoms with E-state index in [1.54, 1.807) is 24.3 Å². The second-order valence-electron chi connectivity index (χ2n) is 6.49. The highest BCUT2D eigenvalue weighted by Gasteiger charge is 2.18. The molecular formula is C23H13FI2N2O4. The number of hydrogen-bond acceptors (Lipinski definition) is 5. The van der Waals surface area contributed by atoms with Crippen molar-refractivity contribution in [3.63, 3.8) is 0 Å². The first kappa shape index (κ1) is 23.8. The minimum absolute atomic E-state index is 0.0288. The minimum Gasteiger partial charge on any atom is -0.487 e. The topological polar surface area (TPSA) is 93.2 Å². The molecule has 3 rings (SSSR count). The zero-order chi connectivity index (χ0) is 23.3. The highest BCUT2D eigenvalue weighted by Crippen LogP contribution is 2.31. The lowest BCUT2D eigenvalue weighted by Gasteiger charge is -2.13. The van der Waals surface area contributed by atoms with Gasteiger partial charge in [-0.15, -0.1) is 0 Å². The van der Waals surface area contributed by atoms with E-state index in [1.165, 1.54) is 30.3 Å². The van der Waals surface area contributed by atoms with E-state index < -0.39 is 16.5 Å². The van der Waals surface area contributed by atoms with Crippen LogP contribution in [0.15, 0.2) is 66.2 Å². The van der Waals surface area contributed by atoms with Gasteiger partial charge in [0.25, 0.3) is 5.69 Å². The van der Waals surface area contributed by atoms with Gasteiger partial charge in [-0.2, -0.15) is 5.26 Å². The van der Waals surface area contributed by atoms with Gasteiger partial charge in [0, 0.05) is 32.4 Å². The molecule has 0 aromatic heterocycles. The molecule has 9 heteroatoms. The number of halogens is 3. The molecule has 0 saturated carbocycles. The number of nitro benzene ring substituents is 1. The summed E-state index contributed by atoms with van der Waals surface area (Å²) in [5, 5.41) is 20.6. The summed E-state index contributed by atoms with van der Waals surface area (Å²) in [7, 11) is 0. The lowest BCUT2D eigenvalue weighted by atomic mass is 10.0. The van der Waals surface area contributed by atoms with E-state index >= 15 is 0 Å². The number of Topliss-reactive ketones (excluding diaryl/α,β-unsaturated/α-hetero) is 1. The maximum atomic E-state index is 14.0.